The fraction of sp³-hybridized carbons (Fsp3) is 0.385. The van der Waals surface area contributed by atoms with Gasteiger partial charge in [0.2, 0.25) is 0 Å². The molecule has 1 aliphatic heterocycles. The van der Waals surface area contributed by atoms with E-state index in [1.54, 1.807) is 0 Å². The van der Waals surface area contributed by atoms with Gasteiger partial charge in [-0.3, -0.25) is 9.20 Å². The van der Waals surface area contributed by atoms with Gasteiger partial charge in [-0.15, -0.1) is 0 Å². The molecule has 0 spiro atoms. The fourth-order valence-corrected chi connectivity index (χ4v) is 2.42. The number of nitrogens with zero attached hydrogens (tertiary/aromatic N) is 2. The van der Waals surface area contributed by atoms with Crippen LogP contribution in [0.5, 0.6) is 0 Å². The van der Waals surface area contributed by atoms with Gasteiger partial charge in [-0.25, -0.2) is 4.98 Å². The number of hydrogen-bond acceptors (Lipinski definition) is 3. The molecule has 0 aromatic carbocycles. The summed E-state index contributed by atoms with van der Waals surface area (Å²) in [7, 11) is 0. The van der Waals surface area contributed by atoms with Gasteiger partial charge >= 0.3 is 0 Å². The summed E-state index contributed by atoms with van der Waals surface area (Å²) >= 11 is 0. The molecule has 2 aromatic heterocycles. The molecule has 1 fully saturated rings. The Balaban J connectivity index is 2.11. The highest BCUT2D eigenvalue weighted by Gasteiger charge is 2.23. The van der Waals surface area contributed by atoms with Crippen LogP contribution in [0.15, 0.2) is 24.4 Å². The first-order valence-corrected chi connectivity index (χ1v) is 5.90. The minimum Gasteiger partial charge on any atom is -0.381 e. The average Bonchev–Trinajstić information content (AvgIpc) is 2.78. The third-order valence-electron chi connectivity index (χ3n) is 3.31. The maximum absolute atomic E-state index is 11.3. The van der Waals surface area contributed by atoms with Gasteiger partial charge in [0.1, 0.15) is 11.3 Å². The van der Waals surface area contributed by atoms with Crippen LogP contribution in [0.25, 0.3) is 5.65 Å². The van der Waals surface area contributed by atoms with Crippen LogP contribution < -0.4 is 0 Å². The van der Waals surface area contributed by atoms with E-state index in [0.717, 1.165) is 43.7 Å². The van der Waals surface area contributed by atoms with Crippen molar-refractivity contribution in [2.45, 2.75) is 18.8 Å². The second-order valence-corrected chi connectivity index (χ2v) is 4.32. The monoisotopic (exact) mass is 230 g/mol. The smallest absolute Gasteiger partial charge is 0.168 e. The van der Waals surface area contributed by atoms with Gasteiger partial charge in [0, 0.05) is 25.3 Å². The Bertz CT molecular complexity index is 541. The molecule has 88 valence electrons. The SMILES string of the molecule is O=Cc1c(C2CCOCC2)nc2ccccn12. The lowest BCUT2D eigenvalue weighted by atomic mass is 9.95. The summed E-state index contributed by atoms with van der Waals surface area (Å²) in [5, 5.41) is 0. The molecule has 3 heterocycles. The molecule has 4 heteroatoms. The van der Waals surface area contributed by atoms with Crippen LogP contribution >= 0.6 is 0 Å². The Labute approximate surface area is 99.2 Å². The first-order chi connectivity index (χ1) is 8.40. The van der Waals surface area contributed by atoms with Crippen molar-refractivity contribution >= 4 is 11.9 Å². The number of fused-ring (bicyclic) bond motifs is 1. The summed E-state index contributed by atoms with van der Waals surface area (Å²) < 4.78 is 7.20. The van der Waals surface area contributed by atoms with Crippen LogP contribution in [0.1, 0.15) is 34.9 Å². The zero-order chi connectivity index (χ0) is 11.7. The maximum Gasteiger partial charge on any atom is 0.168 e. The number of carbonyl (C=O) groups excluding carboxylic acids is 1. The largest absolute Gasteiger partial charge is 0.381 e. The van der Waals surface area contributed by atoms with Crippen molar-refractivity contribution in [3.63, 3.8) is 0 Å². The molecule has 0 saturated carbocycles. The molecule has 0 N–H and O–H groups in total. The highest BCUT2D eigenvalue weighted by atomic mass is 16.5. The molecule has 4 nitrogen and oxygen atoms in total. The summed E-state index contributed by atoms with van der Waals surface area (Å²) in [5.74, 6) is 0.351. The number of rotatable bonds is 2. The lowest BCUT2D eigenvalue weighted by Crippen LogP contribution is -2.15. The number of pyridine rings is 1. The normalized spacial score (nSPS) is 17.4. The lowest BCUT2D eigenvalue weighted by molar-refractivity contribution is 0.0841. The van der Waals surface area contributed by atoms with E-state index in [1.165, 1.54) is 0 Å². The van der Waals surface area contributed by atoms with Gasteiger partial charge in [-0.1, -0.05) is 6.07 Å². The van der Waals surface area contributed by atoms with Gasteiger partial charge < -0.3 is 4.74 Å². The number of aldehydes is 1. The van der Waals surface area contributed by atoms with Crippen molar-refractivity contribution in [1.29, 1.82) is 0 Å². The van der Waals surface area contributed by atoms with Crippen molar-refractivity contribution in [2.24, 2.45) is 0 Å². The second kappa shape index (κ2) is 4.30. The quantitative estimate of drug-likeness (QED) is 0.741. The summed E-state index contributed by atoms with van der Waals surface area (Å²) in [6.45, 7) is 1.52. The average molecular weight is 230 g/mol. The summed E-state index contributed by atoms with van der Waals surface area (Å²) in [5.41, 5.74) is 2.46. The van der Waals surface area contributed by atoms with Gasteiger partial charge in [-0.05, 0) is 25.0 Å². The summed E-state index contributed by atoms with van der Waals surface area (Å²) in [6, 6.07) is 5.77. The topological polar surface area (TPSA) is 43.6 Å². The molecular weight excluding hydrogens is 216 g/mol. The Morgan fingerprint density at radius 1 is 1.35 bits per heavy atom. The summed E-state index contributed by atoms with van der Waals surface area (Å²) in [6.07, 6.45) is 4.69. The van der Waals surface area contributed by atoms with E-state index in [1.807, 2.05) is 28.8 Å². The Morgan fingerprint density at radius 2 is 2.18 bits per heavy atom. The zero-order valence-corrected chi connectivity index (χ0v) is 9.50. The number of imidazole rings is 1. The standard InChI is InChI=1S/C13H14N2O2/c16-9-11-13(10-4-7-17-8-5-10)14-12-3-1-2-6-15(11)12/h1-3,6,9-10H,4-5,7-8H2. The van der Waals surface area contributed by atoms with E-state index >= 15 is 0 Å². The molecule has 0 bridgehead atoms. The van der Waals surface area contributed by atoms with Crippen LogP contribution in [0.3, 0.4) is 0 Å². The first kappa shape index (κ1) is 10.5. The second-order valence-electron chi connectivity index (χ2n) is 4.32. The molecule has 0 atom stereocenters. The number of ether oxygens (including phenoxy) is 1. The van der Waals surface area contributed by atoms with Crippen molar-refractivity contribution in [3.8, 4) is 0 Å². The van der Waals surface area contributed by atoms with Gasteiger partial charge in [0.05, 0.1) is 5.69 Å². The van der Waals surface area contributed by atoms with Crippen LogP contribution in [-0.2, 0) is 4.74 Å². The van der Waals surface area contributed by atoms with Gasteiger partial charge in [-0.2, -0.15) is 0 Å². The third kappa shape index (κ3) is 1.74. The molecule has 0 radical (unpaired) electrons. The summed E-state index contributed by atoms with van der Waals surface area (Å²) in [4.78, 5) is 15.8. The highest BCUT2D eigenvalue weighted by molar-refractivity contribution is 5.76. The Morgan fingerprint density at radius 3 is 2.94 bits per heavy atom. The molecule has 2 aromatic rings. The number of aromatic nitrogens is 2. The molecular formula is C13H14N2O2. The predicted molar refractivity (Wildman–Crippen MR) is 63.4 cm³/mol. The van der Waals surface area contributed by atoms with Gasteiger partial charge in [0.15, 0.2) is 6.29 Å². The minimum absolute atomic E-state index is 0.351. The highest BCUT2D eigenvalue weighted by Crippen LogP contribution is 2.28. The maximum atomic E-state index is 11.3. The third-order valence-corrected chi connectivity index (χ3v) is 3.31. The van der Waals surface area contributed by atoms with E-state index < -0.39 is 0 Å². The lowest BCUT2D eigenvalue weighted by Gasteiger charge is -2.20. The first-order valence-electron chi connectivity index (χ1n) is 5.90. The van der Waals surface area contributed by atoms with Crippen LogP contribution in [0.4, 0.5) is 0 Å². The van der Waals surface area contributed by atoms with E-state index in [-0.39, 0.29) is 0 Å². The van der Waals surface area contributed by atoms with E-state index in [4.69, 9.17) is 4.74 Å². The van der Waals surface area contributed by atoms with E-state index in [2.05, 4.69) is 4.98 Å². The van der Waals surface area contributed by atoms with Crippen molar-refractivity contribution in [2.75, 3.05) is 13.2 Å². The number of carbonyl (C=O) groups is 1. The predicted octanol–water partition coefficient (Wildman–Crippen LogP) is 2.04. The Hall–Kier alpha value is -1.68. The van der Waals surface area contributed by atoms with Crippen LogP contribution in [-0.4, -0.2) is 28.9 Å². The van der Waals surface area contributed by atoms with E-state index in [0.29, 0.717) is 11.6 Å². The molecule has 1 saturated heterocycles. The fourth-order valence-electron chi connectivity index (χ4n) is 2.42. The number of hydrogen-bond donors (Lipinski definition) is 0. The molecule has 17 heavy (non-hydrogen) atoms. The molecule has 3 rings (SSSR count). The molecule has 0 unspecified atom stereocenters. The van der Waals surface area contributed by atoms with Crippen LogP contribution in [0.2, 0.25) is 0 Å². The minimum atomic E-state index is 0.351. The molecule has 1 aliphatic rings. The van der Waals surface area contributed by atoms with Crippen LogP contribution in [0, 0.1) is 0 Å². The van der Waals surface area contributed by atoms with Crippen molar-refractivity contribution < 1.29 is 9.53 Å². The van der Waals surface area contributed by atoms with Crippen molar-refractivity contribution in [1.82, 2.24) is 9.38 Å². The zero-order valence-electron chi connectivity index (χ0n) is 9.50. The molecule has 0 amide bonds. The van der Waals surface area contributed by atoms with Crippen molar-refractivity contribution in [3.05, 3.63) is 35.8 Å². The van der Waals surface area contributed by atoms with Gasteiger partial charge in [0.25, 0.3) is 0 Å². The van der Waals surface area contributed by atoms with E-state index in [9.17, 15) is 4.79 Å². The molecule has 0 aliphatic carbocycles. The Kier molecular flexibility index (Phi) is 2.65.